The number of hydrogen-bond donors (Lipinski definition) is 0. The number of aromatic nitrogens is 2. The fraction of sp³-hybridized carbons (Fsp3) is 0.522. The number of hydrogen-bond acceptors (Lipinski definition) is 3. The molecule has 2 fully saturated rings. The Kier molecular flexibility index (Phi) is 4.04. The smallest absolute Gasteiger partial charge is 0.178 e. The average Bonchev–Trinajstić information content (AvgIpc) is 3.03. The van der Waals surface area contributed by atoms with Crippen molar-refractivity contribution < 1.29 is 13.9 Å². The van der Waals surface area contributed by atoms with Crippen molar-refractivity contribution in [2.45, 2.75) is 70.9 Å². The third kappa shape index (κ3) is 2.60. The second-order valence-electron chi connectivity index (χ2n) is 8.82. The molecule has 2 heterocycles. The number of ether oxygens (including phenoxy) is 2. The topological polar surface area (TPSA) is 36.3 Å². The molecule has 0 radical (unpaired) electrons. The molecule has 3 atom stereocenters. The fourth-order valence-electron chi connectivity index (χ4n) is 5.42. The Bertz CT molecular complexity index is 923. The van der Waals surface area contributed by atoms with Gasteiger partial charge in [0, 0.05) is 11.8 Å². The lowest BCUT2D eigenvalue weighted by Crippen LogP contribution is -2.60. The van der Waals surface area contributed by atoms with Crippen molar-refractivity contribution in [3.05, 3.63) is 53.1 Å². The van der Waals surface area contributed by atoms with Gasteiger partial charge in [-0.05, 0) is 75.4 Å². The van der Waals surface area contributed by atoms with Crippen molar-refractivity contribution in [1.29, 1.82) is 0 Å². The average molecular weight is 382 g/mol. The van der Waals surface area contributed by atoms with Crippen LogP contribution in [0.1, 0.15) is 57.7 Å². The number of rotatable bonds is 1. The van der Waals surface area contributed by atoms with Gasteiger partial charge in [-0.1, -0.05) is 12.5 Å². The normalized spacial score (nSPS) is 34.6. The summed E-state index contributed by atoms with van der Waals surface area (Å²) >= 11 is 0. The highest BCUT2D eigenvalue weighted by atomic mass is 19.1. The maximum atomic E-state index is 13.3. The van der Waals surface area contributed by atoms with Gasteiger partial charge in [0.05, 0.1) is 29.8 Å². The first-order valence-electron chi connectivity index (χ1n) is 10.3. The van der Waals surface area contributed by atoms with Crippen LogP contribution < -0.4 is 0 Å². The molecule has 0 unspecified atom stereocenters. The summed E-state index contributed by atoms with van der Waals surface area (Å²) in [4.78, 5) is 0. The van der Waals surface area contributed by atoms with Crippen LogP contribution in [0.3, 0.4) is 0 Å². The van der Waals surface area contributed by atoms with E-state index in [0.29, 0.717) is 0 Å². The maximum Gasteiger partial charge on any atom is 0.178 e. The van der Waals surface area contributed by atoms with Gasteiger partial charge in [0.25, 0.3) is 0 Å². The van der Waals surface area contributed by atoms with E-state index in [1.807, 2.05) is 10.9 Å². The summed E-state index contributed by atoms with van der Waals surface area (Å²) < 4.78 is 28.3. The van der Waals surface area contributed by atoms with Gasteiger partial charge in [0.2, 0.25) is 0 Å². The minimum atomic E-state index is -0.566. The van der Waals surface area contributed by atoms with Gasteiger partial charge < -0.3 is 9.47 Å². The molecule has 0 bridgehead atoms. The molecule has 5 rings (SSSR count). The number of fused-ring (bicyclic) bond motifs is 3. The molecule has 5 heteroatoms. The van der Waals surface area contributed by atoms with E-state index in [1.165, 1.54) is 23.3 Å². The van der Waals surface area contributed by atoms with Gasteiger partial charge >= 0.3 is 0 Å². The summed E-state index contributed by atoms with van der Waals surface area (Å²) in [6, 6.07) is 6.50. The molecule has 4 nitrogen and oxygen atoms in total. The number of benzene rings is 1. The molecule has 1 aromatic carbocycles. The Labute approximate surface area is 165 Å². The molecule has 148 valence electrons. The molecule has 1 spiro atoms. The van der Waals surface area contributed by atoms with Gasteiger partial charge in [-0.25, -0.2) is 9.07 Å². The first-order valence-corrected chi connectivity index (χ1v) is 10.3. The summed E-state index contributed by atoms with van der Waals surface area (Å²) in [5.74, 6) is -0.802. The van der Waals surface area contributed by atoms with Crippen LogP contribution in [0.4, 0.5) is 4.39 Å². The Balaban J connectivity index is 1.58. The van der Waals surface area contributed by atoms with Crippen molar-refractivity contribution in [2.24, 2.45) is 5.41 Å². The second kappa shape index (κ2) is 6.26. The highest BCUT2D eigenvalue weighted by molar-refractivity contribution is 5.61. The van der Waals surface area contributed by atoms with Crippen LogP contribution in [-0.4, -0.2) is 27.8 Å². The lowest BCUT2D eigenvalue weighted by molar-refractivity contribution is -0.358. The van der Waals surface area contributed by atoms with E-state index in [9.17, 15) is 4.39 Å². The van der Waals surface area contributed by atoms with E-state index >= 15 is 0 Å². The van der Waals surface area contributed by atoms with E-state index in [4.69, 9.17) is 9.47 Å². The van der Waals surface area contributed by atoms with E-state index < -0.39 is 5.79 Å². The molecule has 1 saturated heterocycles. The van der Waals surface area contributed by atoms with Crippen LogP contribution in [0.2, 0.25) is 0 Å². The van der Waals surface area contributed by atoms with Crippen molar-refractivity contribution in [3.8, 4) is 5.69 Å². The van der Waals surface area contributed by atoms with E-state index in [0.717, 1.165) is 43.5 Å². The molecule has 3 aliphatic rings. The fourth-order valence-corrected chi connectivity index (χ4v) is 5.42. The quantitative estimate of drug-likeness (QED) is 0.692. The molecule has 1 aliphatic heterocycles. The summed E-state index contributed by atoms with van der Waals surface area (Å²) in [6.07, 6.45) is 9.41. The van der Waals surface area contributed by atoms with Crippen LogP contribution in [0.25, 0.3) is 11.8 Å². The minimum Gasteiger partial charge on any atom is -0.346 e. The third-order valence-electron chi connectivity index (χ3n) is 6.76. The second-order valence-corrected chi connectivity index (χ2v) is 8.82. The number of halogens is 1. The Hall–Kier alpha value is -1.98. The van der Waals surface area contributed by atoms with Crippen molar-refractivity contribution in [1.82, 2.24) is 9.78 Å². The van der Waals surface area contributed by atoms with Crippen molar-refractivity contribution >= 4 is 6.08 Å². The van der Waals surface area contributed by atoms with Crippen molar-refractivity contribution in [3.63, 3.8) is 0 Å². The third-order valence-corrected chi connectivity index (χ3v) is 6.76. The lowest BCUT2D eigenvalue weighted by Gasteiger charge is -2.57. The van der Waals surface area contributed by atoms with E-state index in [2.05, 4.69) is 31.9 Å². The molecule has 28 heavy (non-hydrogen) atoms. The zero-order valence-corrected chi connectivity index (χ0v) is 16.7. The lowest BCUT2D eigenvalue weighted by atomic mass is 9.61. The number of nitrogens with zero attached hydrogens (tertiary/aromatic N) is 2. The molecule has 0 N–H and O–H groups in total. The minimum absolute atomic E-state index is 0.197. The first-order chi connectivity index (χ1) is 13.4. The van der Waals surface area contributed by atoms with Crippen LogP contribution in [0.15, 0.2) is 36.0 Å². The predicted molar refractivity (Wildman–Crippen MR) is 106 cm³/mol. The monoisotopic (exact) mass is 382 g/mol. The van der Waals surface area contributed by atoms with Gasteiger partial charge in [0.1, 0.15) is 5.82 Å². The van der Waals surface area contributed by atoms with Gasteiger partial charge in [-0.3, -0.25) is 0 Å². The molecular weight excluding hydrogens is 355 g/mol. The first kappa shape index (κ1) is 18.1. The van der Waals surface area contributed by atoms with Crippen LogP contribution in [-0.2, 0) is 15.9 Å². The summed E-state index contributed by atoms with van der Waals surface area (Å²) in [5, 5.41) is 4.62. The van der Waals surface area contributed by atoms with Crippen LogP contribution >= 0.6 is 0 Å². The summed E-state index contributed by atoms with van der Waals surface area (Å²) in [7, 11) is 0. The molecule has 0 amide bonds. The predicted octanol–water partition coefficient (Wildman–Crippen LogP) is 5.05. The molecule has 1 saturated carbocycles. The Morgan fingerprint density at radius 3 is 2.57 bits per heavy atom. The molecule has 1 aromatic heterocycles. The summed E-state index contributed by atoms with van der Waals surface area (Å²) in [5.41, 5.74) is 4.33. The molecule has 2 aromatic rings. The summed E-state index contributed by atoms with van der Waals surface area (Å²) in [6.45, 7) is 6.60. The zero-order chi connectivity index (χ0) is 19.5. The molecule has 2 aliphatic carbocycles. The van der Waals surface area contributed by atoms with Gasteiger partial charge in [-0.15, -0.1) is 0 Å². The highest BCUT2D eigenvalue weighted by Crippen LogP contribution is 2.57. The van der Waals surface area contributed by atoms with Crippen molar-refractivity contribution in [2.75, 3.05) is 0 Å². The van der Waals surface area contributed by atoms with E-state index in [1.54, 1.807) is 12.1 Å². The molecular formula is C23H27FN2O2. The standard InChI is InChI=1S/C23H27FN2O2/c1-15-11-16(2)28-23(27-15)10-4-5-18-12-21-17(13-22(18,23)3)14-25-26(21)20-8-6-19(24)7-9-20/h6-9,12,14-16H,4-5,10-11,13H2,1-3H3/t15-,16-,22-/m0/s1. The van der Waals surface area contributed by atoms with Gasteiger partial charge in [-0.2, -0.15) is 5.10 Å². The highest BCUT2D eigenvalue weighted by Gasteiger charge is 2.58. The van der Waals surface area contributed by atoms with Gasteiger partial charge in [0.15, 0.2) is 5.79 Å². The largest absolute Gasteiger partial charge is 0.346 e. The Morgan fingerprint density at radius 1 is 1.14 bits per heavy atom. The van der Waals surface area contributed by atoms with Crippen LogP contribution in [0.5, 0.6) is 0 Å². The van der Waals surface area contributed by atoms with E-state index in [-0.39, 0.29) is 23.4 Å². The van der Waals surface area contributed by atoms with Crippen LogP contribution in [0, 0.1) is 11.2 Å². The zero-order valence-electron chi connectivity index (χ0n) is 16.7. The Morgan fingerprint density at radius 2 is 1.86 bits per heavy atom. The maximum absolute atomic E-state index is 13.3. The SMILES string of the molecule is C[C@H]1C[C@H](C)OC2(CCCC3=Cc4c(cnn4-c4ccc(F)cc4)C[C@@]32C)O1.